The number of likely N-dealkylation sites (tertiary alicyclic amines) is 1. The molecular formula is C21H27N5O2. The highest BCUT2D eigenvalue weighted by Crippen LogP contribution is 2.47. The second-order valence-corrected chi connectivity index (χ2v) is 7.63. The van der Waals surface area contributed by atoms with Gasteiger partial charge in [-0.2, -0.15) is 4.98 Å². The molecule has 1 aromatic carbocycles. The van der Waals surface area contributed by atoms with Crippen molar-refractivity contribution in [2.45, 2.75) is 37.1 Å². The van der Waals surface area contributed by atoms with Gasteiger partial charge >= 0.3 is 6.03 Å². The molecule has 7 heteroatoms. The number of nitrogens with one attached hydrogen (secondary N) is 2. The first-order chi connectivity index (χ1) is 13.7. The van der Waals surface area contributed by atoms with E-state index in [-0.39, 0.29) is 17.5 Å². The third-order valence-electron chi connectivity index (χ3n) is 5.77. The zero-order valence-corrected chi connectivity index (χ0v) is 16.2. The minimum Gasteiger partial charge on any atom is -0.481 e. The normalized spacial score (nSPS) is 18.4. The van der Waals surface area contributed by atoms with Crippen molar-refractivity contribution in [2.24, 2.45) is 0 Å². The number of carbonyl (C=O) groups is 1. The first kappa shape index (κ1) is 18.5. The molecule has 0 radical (unpaired) electrons. The molecule has 4 rings (SSSR count). The Bertz CT molecular complexity index is 801. The monoisotopic (exact) mass is 381 g/mol. The third-order valence-corrected chi connectivity index (χ3v) is 5.77. The number of amides is 2. The third kappa shape index (κ3) is 4.18. The van der Waals surface area contributed by atoms with Crippen molar-refractivity contribution in [1.82, 2.24) is 20.2 Å². The Balaban J connectivity index is 1.24. The molecule has 2 aliphatic rings. The fourth-order valence-corrected chi connectivity index (χ4v) is 3.80. The zero-order chi connectivity index (χ0) is 19.4. The molecule has 0 spiro atoms. The zero-order valence-electron chi connectivity index (χ0n) is 16.2. The van der Waals surface area contributed by atoms with E-state index in [0.29, 0.717) is 18.4 Å². The van der Waals surface area contributed by atoms with Gasteiger partial charge in [0, 0.05) is 43.4 Å². The number of urea groups is 1. The molecule has 0 unspecified atom stereocenters. The summed E-state index contributed by atoms with van der Waals surface area (Å²) in [6, 6.07) is 12.5. The molecule has 1 saturated heterocycles. The minimum absolute atomic E-state index is 0.0401. The van der Waals surface area contributed by atoms with E-state index in [1.807, 2.05) is 11.0 Å². The van der Waals surface area contributed by atoms with Gasteiger partial charge in [0.2, 0.25) is 11.8 Å². The van der Waals surface area contributed by atoms with Gasteiger partial charge in [-0.05, 0) is 31.2 Å². The van der Waals surface area contributed by atoms with Crippen molar-refractivity contribution in [3.63, 3.8) is 0 Å². The topological polar surface area (TPSA) is 79.4 Å². The van der Waals surface area contributed by atoms with Crippen molar-refractivity contribution in [2.75, 3.05) is 32.1 Å². The van der Waals surface area contributed by atoms with Crippen LogP contribution in [-0.4, -0.2) is 53.7 Å². The lowest BCUT2D eigenvalue weighted by molar-refractivity contribution is 0.182. The van der Waals surface area contributed by atoms with Crippen molar-refractivity contribution >= 4 is 12.0 Å². The number of carbonyl (C=O) groups excluding carboxylic acids is 1. The van der Waals surface area contributed by atoms with Gasteiger partial charge < -0.3 is 20.3 Å². The Morgan fingerprint density at radius 2 is 1.96 bits per heavy atom. The number of nitrogens with zero attached hydrogens (tertiary/aromatic N) is 3. The van der Waals surface area contributed by atoms with E-state index in [2.05, 4.69) is 44.9 Å². The summed E-state index contributed by atoms with van der Waals surface area (Å²) < 4.78 is 5.13. The van der Waals surface area contributed by atoms with E-state index in [1.165, 1.54) is 5.56 Å². The van der Waals surface area contributed by atoms with Gasteiger partial charge in [-0.15, -0.1) is 0 Å². The summed E-state index contributed by atoms with van der Waals surface area (Å²) in [5.41, 5.74) is 1.47. The predicted octanol–water partition coefficient (Wildman–Crippen LogP) is 2.80. The predicted molar refractivity (Wildman–Crippen MR) is 108 cm³/mol. The maximum Gasteiger partial charge on any atom is 0.317 e. The van der Waals surface area contributed by atoms with Crippen LogP contribution in [0.1, 0.15) is 31.2 Å². The first-order valence-corrected chi connectivity index (χ1v) is 9.90. The van der Waals surface area contributed by atoms with Crippen molar-refractivity contribution < 1.29 is 9.53 Å². The molecule has 1 aromatic heterocycles. The van der Waals surface area contributed by atoms with Crippen LogP contribution in [0.2, 0.25) is 0 Å². The van der Waals surface area contributed by atoms with Crippen LogP contribution in [-0.2, 0) is 5.41 Å². The Hall–Kier alpha value is -2.83. The number of hydrogen-bond donors (Lipinski definition) is 2. The first-order valence-electron chi connectivity index (χ1n) is 9.90. The molecule has 2 fully saturated rings. The van der Waals surface area contributed by atoms with Crippen LogP contribution < -0.4 is 15.4 Å². The van der Waals surface area contributed by atoms with E-state index in [4.69, 9.17) is 4.74 Å². The number of piperidine rings is 1. The SMILES string of the molecule is COc1ccnc(NC2CCN(C(=O)NCC3(c4ccccc4)CC3)CC2)n1. The van der Waals surface area contributed by atoms with Crippen molar-refractivity contribution in [3.05, 3.63) is 48.2 Å². The lowest BCUT2D eigenvalue weighted by Crippen LogP contribution is -2.48. The van der Waals surface area contributed by atoms with Gasteiger partial charge in [0.05, 0.1) is 7.11 Å². The van der Waals surface area contributed by atoms with E-state index in [1.54, 1.807) is 19.4 Å². The Labute approximate surface area is 165 Å². The number of anilines is 1. The van der Waals surface area contributed by atoms with E-state index >= 15 is 0 Å². The molecule has 7 nitrogen and oxygen atoms in total. The number of benzene rings is 1. The Kier molecular flexibility index (Phi) is 5.32. The summed E-state index contributed by atoms with van der Waals surface area (Å²) in [5.74, 6) is 1.11. The lowest BCUT2D eigenvalue weighted by Gasteiger charge is -2.33. The van der Waals surface area contributed by atoms with E-state index in [0.717, 1.165) is 38.8 Å². The van der Waals surface area contributed by atoms with Gasteiger partial charge in [0.25, 0.3) is 0 Å². The van der Waals surface area contributed by atoms with Gasteiger partial charge in [-0.25, -0.2) is 9.78 Å². The number of methoxy groups -OCH3 is 1. The van der Waals surface area contributed by atoms with Crippen LogP contribution in [0.4, 0.5) is 10.7 Å². The van der Waals surface area contributed by atoms with Crippen LogP contribution in [0.25, 0.3) is 0 Å². The summed E-state index contributed by atoms with van der Waals surface area (Å²) in [5, 5.41) is 6.50. The molecule has 2 amide bonds. The summed E-state index contributed by atoms with van der Waals surface area (Å²) in [4.78, 5) is 23.0. The fourth-order valence-electron chi connectivity index (χ4n) is 3.80. The van der Waals surface area contributed by atoms with Gasteiger partial charge in [0.1, 0.15) is 0 Å². The van der Waals surface area contributed by atoms with Crippen LogP contribution in [0.3, 0.4) is 0 Å². The summed E-state index contributed by atoms with van der Waals surface area (Å²) >= 11 is 0. The summed E-state index contributed by atoms with van der Waals surface area (Å²) in [6.45, 7) is 2.17. The Morgan fingerprint density at radius 3 is 2.64 bits per heavy atom. The van der Waals surface area contributed by atoms with Crippen LogP contribution >= 0.6 is 0 Å². The quantitative estimate of drug-likeness (QED) is 0.804. The smallest absolute Gasteiger partial charge is 0.317 e. The number of ether oxygens (including phenoxy) is 1. The maximum absolute atomic E-state index is 12.6. The molecule has 1 aliphatic heterocycles. The molecule has 2 aromatic rings. The van der Waals surface area contributed by atoms with Crippen molar-refractivity contribution in [1.29, 1.82) is 0 Å². The van der Waals surface area contributed by atoms with E-state index < -0.39 is 0 Å². The summed E-state index contributed by atoms with van der Waals surface area (Å²) in [6.07, 6.45) is 5.71. The molecule has 2 N–H and O–H groups in total. The van der Waals surface area contributed by atoms with Crippen molar-refractivity contribution in [3.8, 4) is 5.88 Å². The summed E-state index contributed by atoms with van der Waals surface area (Å²) in [7, 11) is 1.59. The molecule has 1 aliphatic carbocycles. The number of aromatic nitrogens is 2. The van der Waals surface area contributed by atoms with Gasteiger partial charge in [0.15, 0.2) is 0 Å². The second kappa shape index (κ2) is 8.04. The van der Waals surface area contributed by atoms with Crippen LogP contribution in [0, 0.1) is 0 Å². The molecule has 0 atom stereocenters. The van der Waals surface area contributed by atoms with Gasteiger partial charge in [-0.3, -0.25) is 0 Å². The number of rotatable bonds is 6. The standard InChI is InChI=1S/C21H27N5O2/c1-28-18-7-12-22-19(25-18)24-17-8-13-26(14-9-17)20(27)23-15-21(10-11-21)16-5-3-2-4-6-16/h2-7,12,17H,8-11,13-15H2,1H3,(H,23,27)(H,22,24,25). The van der Waals surface area contributed by atoms with Gasteiger partial charge in [-0.1, -0.05) is 30.3 Å². The molecule has 2 heterocycles. The highest BCUT2D eigenvalue weighted by Gasteiger charge is 2.44. The van der Waals surface area contributed by atoms with Crippen LogP contribution in [0.5, 0.6) is 5.88 Å². The van der Waals surface area contributed by atoms with Crippen LogP contribution in [0.15, 0.2) is 42.6 Å². The highest BCUT2D eigenvalue weighted by molar-refractivity contribution is 5.74. The fraction of sp³-hybridized carbons (Fsp3) is 0.476. The van der Waals surface area contributed by atoms with E-state index in [9.17, 15) is 4.79 Å². The molecule has 1 saturated carbocycles. The average molecular weight is 381 g/mol. The second-order valence-electron chi connectivity index (χ2n) is 7.63. The molecule has 148 valence electrons. The maximum atomic E-state index is 12.6. The molecule has 0 bridgehead atoms. The average Bonchev–Trinajstić information content (AvgIpc) is 3.55. The minimum atomic E-state index is 0.0401. The highest BCUT2D eigenvalue weighted by atomic mass is 16.5. The lowest BCUT2D eigenvalue weighted by atomic mass is 9.96. The Morgan fingerprint density at radius 1 is 1.21 bits per heavy atom. The molecular weight excluding hydrogens is 354 g/mol. The largest absolute Gasteiger partial charge is 0.481 e. The number of hydrogen-bond acceptors (Lipinski definition) is 5. The molecule has 28 heavy (non-hydrogen) atoms.